The summed E-state index contributed by atoms with van der Waals surface area (Å²) >= 11 is 11.7. The zero-order valence-corrected chi connectivity index (χ0v) is 13.0. The Kier molecular flexibility index (Phi) is 5.65. The Bertz CT molecular complexity index is 709. The zero-order valence-electron chi connectivity index (χ0n) is 11.5. The van der Waals surface area contributed by atoms with Crippen LogP contribution in [0.1, 0.15) is 5.56 Å². The van der Waals surface area contributed by atoms with Crippen molar-refractivity contribution in [3.63, 3.8) is 0 Å². The molecule has 0 unspecified atom stereocenters. The lowest BCUT2D eigenvalue weighted by Crippen LogP contribution is -2.20. The third-order valence-electron chi connectivity index (χ3n) is 2.77. The van der Waals surface area contributed by atoms with E-state index in [9.17, 15) is 4.79 Å². The van der Waals surface area contributed by atoms with E-state index in [2.05, 4.69) is 11.4 Å². The van der Waals surface area contributed by atoms with E-state index in [1.165, 1.54) is 0 Å². The van der Waals surface area contributed by atoms with Gasteiger partial charge in [0.25, 0.3) is 5.91 Å². The van der Waals surface area contributed by atoms with Crippen molar-refractivity contribution in [3.8, 4) is 11.8 Å². The predicted molar refractivity (Wildman–Crippen MR) is 86.3 cm³/mol. The fourth-order valence-electron chi connectivity index (χ4n) is 1.73. The van der Waals surface area contributed by atoms with Gasteiger partial charge in [0, 0.05) is 10.7 Å². The predicted octanol–water partition coefficient (Wildman–Crippen LogP) is 4.08. The highest BCUT2D eigenvalue weighted by Crippen LogP contribution is 2.27. The molecule has 2 rings (SSSR count). The first-order valence-electron chi connectivity index (χ1n) is 6.42. The van der Waals surface area contributed by atoms with Crippen LogP contribution in [0.5, 0.6) is 5.75 Å². The summed E-state index contributed by atoms with van der Waals surface area (Å²) in [6, 6.07) is 13.9. The van der Waals surface area contributed by atoms with Gasteiger partial charge in [-0.3, -0.25) is 4.79 Å². The van der Waals surface area contributed by atoms with E-state index in [4.69, 9.17) is 33.2 Å². The minimum Gasteiger partial charge on any atom is -0.482 e. The topological polar surface area (TPSA) is 62.1 Å². The minimum atomic E-state index is -0.306. The Balaban J connectivity index is 1.89. The highest BCUT2D eigenvalue weighted by Gasteiger charge is 2.07. The molecular formula is C16H12Cl2N2O2. The summed E-state index contributed by atoms with van der Waals surface area (Å²) in [4.78, 5) is 11.8. The summed E-state index contributed by atoms with van der Waals surface area (Å²) in [6.45, 7) is -0.165. The summed E-state index contributed by atoms with van der Waals surface area (Å²) in [5.41, 5.74) is 1.53. The van der Waals surface area contributed by atoms with Crippen molar-refractivity contribution in [3.05, 3.63) is 58.1 Å². The molecule has 22 heavy (non-hydrogen) atoms. The van der Waals surface area contributed by atoms with Crippen LogP contribution in [0, 0.1) is 11.3 Å². The largest absolute Gasteiger partial charge is 0.482 e. The molecule has 6 heteroatoms. The summed E-state index contributed by atoms with van der Waals surface area (Å²) in [7, 11) is 0. The average Bonchev–Trinajstić information content (AvgIpc) is 2.49. The van der Waals surface area contributed by atoms with Crippen molar-refractivity contribution in [2.24, 2.45) is 0 Å². The van der Waals surface area contributed by atoms with Crippen LogP contribution >= 0.6 is 23.2 Å². The van der Waals surface area contributed by atoms with Crippen molar-refractivity contribution in [1.82, 2.24) is 0 Å². The molecule has 0 aliphatic rings. The minimum absolute atomic E-state index is 0.165. The third-order valence-corrected chi connectivity index (χ3v) is 3.30. The monoisotopic (exact) mass is 334 g/mol. The lowest BCUT2D eigenvalue weighted by atomic mass is 10.1. The Hall–Kier alpha value is -2.22. The van der Waals surface area contributed by atoms with E-state index < -0.39 is 0 Å². The van der Waals surface area contributed by atoms with Crippen LogP contribution in [0.3, 0.4) is 0 Å². The number of nitrogens with one attached hydrogen (secondary N) is 1. The number of nitrogens with zero attached hydrogens (tertiary/aromatic N) is 1. The second-order valence-corrected chi connectivity index (χ2v) is 5.29. The highest BCUT2D eigenvalue weighted by atomic mass is 35.5. The molecule has 2 aromatic carbocycles. The van der Waals surface area contributed by atoms with E-state index >= 15 is 0 Å². The number of benzene rings is 2. The first kappa shape index (κ1) is 16.2. The molecule has 0 atom stereocenters. The van der Waals surface area contributed by atoms with E-state index in [0.717, 1.165) is 5.56 Å². The molecule has 0 aliphatic carbocycles. The SMILES string of the molecule is N#CCc1ccc(NC(=O)COc2ccc(Cl)cc2Cl)cc1. The second-order valence-electron chi connectivity index (χ2n) is 4.44. The third kappa shape index (κ3) is 4.66. The number of halogens is 2. The maximum atomic E-state index is 11.8. The molecule has 1 amide bonds. The van der Waals surface area contributed by atoms with Crippen LogP contribution in [0.15, 0.2) is 42.5 Å². The number of anilines is 1. The van der Waals surface area contributed by atoms with Gasteiger partial charge in [-0.05, 0) is 35.9 Å². The number of carbonyl (C=O) groups is 1. The molecule has 0 aliphatic heterocycles. The van der Waals surface area contributed by atoms with Gasteiger partial charge in [-0.25, -0.2) is 0 Å². The van der Waals surface area contributed by atoms with Crippen LogP contribution in [0.25, 0.3) is 0 Å². The van der Waals surface area contributed by atoms with Gasteiger partial charge in [0.2, 0.25) is 0 Å². The van der Waals surface area contributed by atoms with Crippen LogP contribution in [0.2, 0.25) is 10.0 Å². The highest BCUT2D eigenvalue weighted by molar-refractivity contribution is 6.35. The number of hydrogen-bond donors (Lipinski definition) is 1. The maximum Gasteiger partial charge on any atom is 0.262 e. The average molecular weight is 335 g/mol. The van der Waals surface area contributed by atoms with Crippen LogP contribution < -0.4 is 10.1 Å². The number of amides is 1. The van der Waals surface area contributed by atoms with E-state index in [1.54, 1.807) is 42.5 Å². The Morgan fingerprint density at radius 2 is 1.91 bits per heavy atom. The molecule has 0 radical (unpaired) electrons. The van der Waals surface area contributed by atoms with Gasteiger partial charge in [0.05, 0.1) is 17.5 Å². The second kappa shape index (κ2) is 7.69. The quantitative estimate of drug-likeness (QED) is 0.896. The van der Waals surface area contributed by atoms with Gasteiger partial charge in [0.15, 0.2) is 6.61 Å². The zero-order chi connectivity index (χ0) is 15.9. The molecule has 0 saturated carbocycles. The van der Waals surface area contributed by atoms with E-state index in [1.807, 2.05) is 0 Å². The molecule has 4 nitrogen and oxygen atoms in total. The van der Waals surface area contributed by atoms with Gasteiger partial charge >= 0.3 is 0 Å². The Morgan fingerprint density at radius 1 is 1.18 bits per heavy atom. The molecule has 112 valence electrons. The molecule has 1 N–H and O–H groups in total. The van der Waals surface area contributed by atoms with Gasteiger partial charge in [-0.2, -0.15) is 5.26 Å². The summed E-state index contributed by atoms with van der Waals surface area (Å²) in [5.74, 6) is 0.0876. The summed E-state index contributed by atoms with van der Waals surface area (Å²) in [5, 5.41) is 12.1. The van der Waals surface area contributed by atoms with Crippen molar-refractivity contribution in [1.29, 1.82) is 5.26 Å². The fourth-order valence-corrected chi connectivity index (χ4v) is 2.19. The molecule has 2 aromatic rings. The van der Waals surface area contributed by atoms with Crippen molar-refractivity contribution >= 4 is 34.8 Å². The molecule has 0 aromatic heterocycles. The maximum absolute atomic E-state index is 11.8. The van der Waals surface area contributed by atoms with Gasteiger partial charge < -0.3 is 10.1 Å². The number of nitriles is 1. The van der Waals surface area contributed by atoms with Crippen LogP contribution in [0.4, 0.5) is 5.69 Å². The normalized spacial score (nSPS) is 9.86. The number of carbonyl (C=O) groups excluding carboxylic acids is 1. The fraction of sp³-hybridized carbons (Fsp3) is 0.125. The first-order valence-corrected chi connectivity index (χ1v) is 7.17. The smallest absolute Gasteiger partial charge is 0.262 e. The standard InChI is InChI=1S/C16H12Cl2N2O2/c17-12-3-6-15(14(18)9-12)22-10-16(21)20-13-4-1-11(2-5-13)7-8-19/h1-6,9H,7,10H2,(H,20,21). The van der Waals surface area contributed by atoms with E-state index in [0.29, 0.717) is 27.9 Å². The molecule has 0 heterocycles. The first-order chi connectivity index (χ1) is 10.6. The lowest BCUT2D eigenvalue weighted by Gasteiger charge is -2.09. The van der Waals surface area contributed by atoms with Gasteiger partial charge in [0.1, 0.15) is 5.75 Å². The Morgan fingerprint density at radius 3 is 2.55 bits per heavy atom. The molecular weight excluding hydrogens is 323 g/mol. The summed E-state index contributed by atoms with van der Waals surface area (Å²) in [6.07, 6.45) is 0.340. The lowest BCUT2D eigenvalue weighted by molar-refractivity contribution is -0.118. The number of rotatable bonds is 5. The van der Waals surface area contributed by atoms with Gasteiger partial charge in [-0.1, -0.05) is 35.3 Å². The molecule has 0 spiro atoms. The number of hydrogen-bond acceptors (Lipinski definition) is 3. The van der Waals surface area contributed by atoms with E-state index in [-0.39, 0.29) is 12.5 Å². The number of ether oxygens (including phenoxy) is 1. The molecule has 0 fully saturated rings. The Labute approximate surface area is 138 Å². The summed E-state index contributed by atoms with van der Waals surface area (Å²) < 4.78 is 5.34. The van der Waals surface area contributed by atoms with Crippen molar-refractivity contribution in [2.75, 3.05) is 11.9 Å². The van der Waals surface area contributed by atoms with Gasteiger partial charge in [-0.15, -0.1) is 0 Å². The molecule has 0 saturated heterocycles. The molecule has 0 bridgehead atoms. The van der Waals surface area contributed by atoms with Crippen molar-refractivity contribution in [2.45, 2.75) is 6.42 Å². The van der Waals surface area contributed by atoms with Crippen LogP contribution in [-0.2, 0) is 11.2 Å². The van der Waals surface area contributed by atoms with Crippen molar-refractivity contribution < 1.29 is 9.53 Å². The van der Waals surface area contributed by atoms with Crippen LogP contribution in [-0.4, -0.2) is 12.5 Å².